The molecule has 0 radical (unpaired) electrons. The van der Waals surface area contributed by atoms with Crippen LogP contribution in [0.25, 0.3) is 0 Å². The average molecular weight is 220 g/mol. The lowest BCUT2D eigenvalue weighted by atomic mass is 10.3. The molecule has 0 atom stereocenters. The number of anilines is 1. The van der Waals surface area contributed by atoms with Gasteiger partial charge in [0.2, 0.25) is 5.95 Å². The molecule has 0 unspecified atom stereocenters. The number of nitrogens with two attached hydrogens (primary N) is 1. The van der Waals surface area contributed by atoms with Gasteiger partial charge in [-0.2, -0.15) is 0 Å². The maximum absolute atomic E-state index is 5.53. The fourth-order valence-corrected chi connectivity index (χ4v) is 1.77. The molecule has 4 heteroatoms. The van der Waals surface area contributed by atoms with E-state index in [1.807, 2.05) is 12.4 Å². The number of rotatable bonds is 6. The summed E-state index contributed by atoms with van der Waals surface area (Å²) in [6, 6.07) is 0. The predicted octanol–water partition coefficient (Wildman–Crippen LogP) is 1.56. The highest BCUT2D eigenvalue weighted by atomic mass is 15.2. The standard InChI is InChI=1S/C12H20N4/c1-2-5-16(9-10-3-4-10)12-14-7-11(6-13)8-15-12/h7-8,10H,2-6,9,13H2,1H3. The Balaban J connectivity index is 2.03. The molecular formula is C12H20N4. The van der Waals surface area contributed by atoms with Crippen molar-refractivity contribution in [2.24, 2.45) is 11.7 Å². The second-order valence-electron chi connectivity index (χ2n) is 4.48. The van der Waals surface area contributed by atoms with Crippen LogP contribution in [0.4, 0.5) is 5.95 Å². The van der Waals surface area contributed by atoms with Crippen molar-refractivity contribution in [3.8, 4) is 0 Å². The van der Waals surface area contributed by atoms with Gasteiger partial charge in [0.15, 0.2) is 0 Å². The summed E-state index contributed by atoms with van der Waals surface area (Å²) >= 11 is 0. The minimum atomic E-state index is 0.511. The molecule has 1 aliphatic carbocycles. The fourth-order valence-electron chi connectivity index (χ4n) is 1.77. The Morgan fingerprint density at radius 3 is 2.56 bits per heavy atom. The van der Waals surface area contributed by atoms with Crippen molar-refractivity contribution in [1.29, 1.82) is 0 Å². The molecule has 16 heavy (non-hydrogen) atoms. The highest BCUT2D eigenvalue weighted by Gasteiger charge is 2.25. The van der Waals surface area contributed by atoms with E-state index in [1.54, 1.807) is 0 Å². The van der Waals surface area contributed by atoms with Gasteiger partial charge in [0.05, 0.1) is 0 Å². The summed E-state index contributed by atoms with van der Waals surface area (Å²) in [4.78, 5) is 11.1. The van der Waals surface area contributed by atoms with E-state index in [9.17, 15) is 0 Å². The van der Waals surface area contributed by atoms with Gasteiger partial charge in [0.25, 0.3) is 0 Å². The van der Waals surface area contributed by atoms with Crippen LogP contribution < -0.4 is 10.6 Å². The van der Waals surface area contributed by atoms with Crippen molar-refractivity contribution >= 4 is 5.95 Å². The molecule has 0 aliphatic heterocycles. The lowest BCUT2D eigenvalue weighted by Crippen LogP contribution is -2.28. The molecule has 4 nitrogen and oxygen atoms in total. The summed E-state index contributed by atoms with van der Waals surface area (Å²) < 4.78 is 0. The molecule has 88 valence electrons. The summed E-state index contributed by atoms with van der Waals surface area (Å²) in [5, 5.41) is 0. The van der Waals surface area contributed by atoms with E-state index in [2.05, 4.69) is 21.8 Å². The van der Waals surface area contributed by atoms with E-state index in [0.29, 0.717) is 6.54 Å². The van der Waals surface area contributed by atoms with Gasteiger partial charge >= 0.3 is 0 Å². The van der Waals surface area contributed by atoms with Gasteiger partial charge in [-0.3, -0.25) is 0 Å². The Labute approximate surface area is 96.9 Å². The van der Waals surface area contributed by atoms with E-state index in [1.165, 1.54) is 12.8 Å². The van der Waals surface area contributed by atoms with Crippen LogP contribution in [0.1, 0.15) is 31.7 Å². The number of hydrogen-bond donors (Lipinski definition) is 1. The van der Waals surface area contributed by atoms with Crippen molar-refractivity contribution in [2.75, 3.05) is 18.0 Å². The first-order valence-electron chi connectivity index (χ1n) is 6.09. The molecule has 1 aromatic rings. The van der Waals surface area contributed by atoms with Crippen LogP contribution in [0.5, 0.6) is 0 Å². The summed E-state index contributed by atoms with van der Waals surface area (Å²) in [5.74, 6) is 1.72. The van der Waals surface area contributed by atoms with Gasteiger partial charge in [0.1, 0.15) is 0 Å². The Kier molecular flexibility index (Phi) is 3.72. The quantitative estimate of drug-likeness (QED) is 0.790. The largest absolute Gasteiger partial charge is 0.341 e. The number of nitrogens with zero attached hydrogens (tertiary/aromatic N) is 3. The third kappa shape index (κ3) is 2.92. The summed E-state index contributed by atoms with van der Waals surface area (Å²) in [7, 11) is 0. The van der Waals surface area contributed by atoms with Crippen LogP contribution in [-0.4, -0.2) is 23.1 Å². The SMILES string of the molecule is CCCN(CC1CC1)c1ncc(CN)cn1. The normalized spacial score (nSPS) is 15.1. The van der Waals surface area contributed by atoms with Crippen LogP contribution in [-0.2, 0) is 6.54 Å². The smallest absolute Gasteiger partial charge is 0.225 e. The van der Waals surface area contributed by atoms with Crippen molar-refractivity contribution in [3.63, 3.8) is 0 Å². The van der Waals surface area contributed by atoms with Crippen molar-refractivity contribution in [1.82, 2.24) is 9.97 Å². The lowest BCUT2D eigenvalue weighted by Gasteiger charge is -2.21. The maximum Gasteiger partial charge on any atom is 0.225 e. The first-order chi connectivity index (χ1) is 7.83. The van der Waals surface area contributed by atoms with Gasteiger partial charge in [0, 0.05) is 37.6 Å². The topological polar surface area (TPSA) is 55.0 Å². The first-order valence-corrected chi connectivity index (χ1v) is 6.09. The van der Waals surface area contributed by atoms with E-state index < -0.39 is 0 Å². The van der Waals surface area contributed by atoms with Gasteiger partial charge in [-0.25, -0.2) is 9.97 Å². The Morgan fingerprint density at radius 1 is 1.38 bits per heavy atom. The van der Waals surface area contributed by atoms with E-state index in [0.717, 1.165) is 36.9 Å². The number of hydrogen-bond acceptors (Lipinski definition) is 4. The van der Waals surface area contributed by atoms with Crippen LogP contribution >= 0.6 is 0 Å². The Hall–Kier alpha value is -1.16. The second kappa shape index (κ2) is 5.25. The lowest BCUT2D eigenvalue weighted by molar-refractivity contribution is 0.687. The van der Waals surface area contributed by atoms with Crippen LogP contribution in [0, 0.1) is 5.92 Å². The second-order valence-corrected chi connectivity index (χ2v) is 4.48. The molecule has 1 aromatic heterocycles. The molecule has 1 aliphatic rings. The molecule has 1 saturated carbocycles. The maximum atomic E-state index is 5.53. The molecule has 0 spiro atoms. The van der Waals surface area contributed by atoms with Gasteiger partial charge in [-0.05, 0) is 25.2 Å². The van der Waals surface area contributed by atoms with E-state index in [-0.39, 0.29) is 0 Å². The minimum absolute atomic E-state index is 0.511. The Bertz CT molecular complexity index is 318. The monoisotopic (exact) mass is 220 g/mol. The van der Waals surface area contributed by atoms with Crippen molar-refractivity contribution in [3.05, 3.63) is 18.0 Å². The highest BCUT2D eigenvalue weighted by molar-refractivity contribution is 5.30. The zero-order chi connectivity index (χ0) is 11.4. The molecule has 1 heterocycles. The van der Waals surface area contributed by atoms with Crippen LogP contribution in [0.2, 0.25) is 0 Å². The third-order valence-electron chi connectivity index (χ3n) is 2.88. The van der Waals surface area contributed by atoms with Gasteiger partial charge in [-0.1, -0.05) is 6.92 Å². The fraction of sp³-hybridized carbons (Fsp3) is 0.667. The molecule has 0 aromatic carbocycles. The highest BCUT2D eigenvalue weighted by Crippen LogP contribution is 2.30. The van der Waals surface area contributed by atoms with Crippen molar-refractivity contribution < 1.29 is 0 Å². The van der Waals surface area contributed by atoms with Gasteiger partial charge < -0.3 is 10.6 Å². The predicted molar refractivity (Wildman–Crippen MR) is 65.2 cm³/mol. The summed E-state index contributed by atoms with van der Waals surface area (Å²) in [6.45, 7) is 4.85. The zero-order valence-corrected chi connectivity index (χ0v) is 9.89. The van der Waals surface area contributed by atoms with Crippen molar-refractivity contribution in [2.45, 2.75) is 32.7 Å². The minimum Gasteiger partial charge on any atom is -0.341 e. The average Bonchev–Trinajstić information content (AvgIpc) is 3.13. The third-order valence-corrected chi connectivity index (χ3v) is 2.88. The zero-order valence-electron chi connectivity index (χ0n) is 9.89. The molecule has 0 saturated heterocycles. The van der Waals surface area contributed by atoms with Crippen LogP contribution in [0.3, 0.4) is 0 Å². The van der Waals surface area contributed by atoms with Gasteiger partial charge in [-0.15, -0.1) is 0 Å². The molecular weight excluding hydrogens is 200 g/mol. The van der Waals surface area contributed by atoms with E-state index in [4.69, 9.17) is 5.73 Å². The molecule has 0 bridgehead atoms. The number of aromatic nitrogens is 2. The molecule has 1 fully saturated rings. The molecule has 2 rings (SSSR count). The summed E-state index contributed by atoms with van der Waals surface area (Å²) in [6.07, 6.45) is 7.52. The first kappa shape index (κ1) is 11.3. The van der Waals surface area contributed by atoms with Crippen LogP contribution in [0.15, 0.2) is 12.4 Å². The molecule has 0 amide bonds. The summed E-state index contributed by atoms with van der Waals surface area (Å²) in [5.41, 5.74) is 6.52. The Morgan fingerprint density at radius 2 is 2.06 bits per heavy atom. The molecule has 2 N–H and O–H groups in total. The van der Waals surface area contributed by atoms with E-state index >= 15 is 0 Å².